The van der Waals surface area contributed by atoms with Gasteiger partial charge in [0, 0.05) is 17.2 Å². The van der Waals surface area contributed by atoms with Crippen LogP contribution < -0.4 is 0 Å². The van der Waals surface area contributed by atoms with Crippen LogP contribution in [-0.2, 0) is 0 Å². The van der Waals surface area contributed by atoms with Crippen molar-refractivity contribution in [3.63, 3.8) is 0 Å². The predicted molar refractivity (Wildman–Crippen MR) is 78.2 cm³/mol. The van der Waals surface area contributed by atoms with Crippen molar-refractivity contribution in [1.29, 1.82) is 0 Å². The van der Waals surface area contributed by atoms with E-state index in [1.165, 1.54) is 36.4 Å². The Labute approximate surface area is 115 Å². The largest absolute Gasteiger partial charge is 0.246 e. The molecular weight excluding hydrogens is 238 g/mol. The molecule has 2 aliphatic rings. The van der Waals surface area contributed by atoms with E-state index in [1.54, 1.807) is 0 Å². The second-order valence-electron chi connectivity index (χ2n) is 7.16. The van der Waals surface area contributed by atoms with Crippen molar-refractivity contribution < 1.29 is 0 Å². The summed E-state index contributed by atoms with van der Waals surface area (Å²) >= 11 is 1.92. The Bertz CT molecular complexity index is 426. The SMILES string of the molecule is CC(C)[C@H]1[C@H](c2csc(C3CCCC3)n2)C1(C)C. The van der Waals surface area contributed by atoms with Crippen molar-refractivity contribution in [3.05, 3.63) is 16.1 Å². The molecule has 1 nitrogen and oxygen atoms in total. The van der Waals surface area contributed by atoms with Crippen LogP contribution in [0.15, 0.2) is 5.38 Å². The lowest BCUT2D eigenvalue weighted by molar-refractivity contribution is 0.451. The Hall–Kier alpha value is -0.370. The summed E-state index contributed by atoms with van der Waals surface area (Å²) in [4.78, 5) is 5.00. The van der Waals surface area contributed by atoms with Gasteiger partial charge in [-0.2, -0.15) is 0 Å². The van der Waals surface area contributed by atoms with E-state index in [-0.39, 0.29) is 0 Å². The molecule has 0 aliphatic heterocycles. The molecule has 3 rings (SSSR count). The Morgan fingerprint density at radius 3 is 2.50 bits per heavy atom. The topological polar surface area (TPSA) is 12.9 Å². The van der Waals surface area contributed by atoms with Gasteiger partial charge in [0.25, 0.3) is 0 Å². The Kier molecular flexibility index (Phi) is 3.04. The Morgan fingerprint density at radius 2 is 1.94 bits per heavy atom. The monoisotopic (exact) mass is 263 g/mol. The maximum Gasteiger partial charge on any atom is 0.0959 e. The minimum absolute atomic E-state index is 0.467. The fourth-order valence-electron chi connectivity index (χ4n) is 4.29. The van der Waals surface area contributed by atoms with Crippen molar-refractivity contribution in [2.24, 2.45) is 17.3 Å². The van der Waals surface area contributed by atoms with Crippen LogP contribution in [0.1, 0.15) is 75.9 Å². The van der Waals surface area contributed by atoms with E-state index in [1.807, 2.05) is 11.3 Å². The number of hydrogen-bond donors (Lipinski definition) is 0. The lowest BCUT2D eigenvalue weighted by atomic mass is 10.0. The third-order valence-electron chi connectivity index (χ3n) is 5.19. The maximum atomic E-state index is 5.00. The zero-order valence-corrected chi connectivity index (χ0v) is 12.9. The van der Waals surface area contributed by atoms with Gasteiger partial charge in [-0.3, -0.25) is 0 Å². The van der Waals surface area contributed by atoms with Crippen LogP contribution in [0.4, 0.5) is 0 Å². The van der Waals surface area contributed by atoms with Crippen LogP contribution in [-0.4, -0.2) is 4.98 Å². The zero-order valence-electron chi connectivity index (χ0n) is 12.1. The van der Waals surface area contributed by atoms with Crippen LogP contribution in [0, 0.1) is 17.3 Å². The number of thiazole rings is 1. The molecule has 2 fully saturated rings. The van der Waals surface area contributed by atoms with Crippen LogP contribution >= 0.6 is 11.3 Å². The molecule has 0 aromatic carbocycles. The molecule has 100 valence electrons. The first kappa shape index (κ1) is 12.7. The molecule has 0 unspecified atom stereocenters. The minimum atomic E-state index is 0.467. The summed E-state index contributed by atoms with van der Waals surface area (Å²) in [6.45, 7) is 9.54. The molecule has 0 spiro atoms. The molecule has 1 aromatic rings. The fraction of sp³-hybridized carbons (Fsp3) is 0.812. The summed E-state index contributed by atoms with van der Waals surface area (Å²) in [7, 11) is 0. The second kappa shape index (κ2) is 4.33. The first-order chi connectivity index (χ1) is 8.51. The number of nitrogens with zero attached hydrogens (tertiary/aromatic N) is 1. The van der Waals surface area contributed by atoms with Crippen LogP contribution in [0.5, 0.6) is 0 Å². The molecule has 0 N–H and O–H groups in total. The predicted octanol–water partition coefficient (Wildman–Crippen LogP) is 5.20. The normalized spacial score (nSPS) is 31.2. The average molecular weight is 263 g/mol. The summed E-state index contributed by atoms with van der Waals surface area (Å²) in [5.41, 5.74) is 1.86. The summed E-state index contributed by atoms with van der Waals surface area (Å²) < 4.78 is 0. The van der Waals surface area contributed by atoms with Crippen molar-refractivity contribution >= 4 is 11.3 Å². The van der Waals surface area contributed by atoms with E-state index in [9.17, 15) is 0 Å². The lowest BCUT2D eigenvalue weighted by Crippen LogP contribution is -1.96. The van der Waals surface area contributed by atoms with Crippen molar-refractivity contribution in [2.45, 2.75) is 65.2 Å². The molecule has 0 radical (unpaired) electrons. The van der Waals surface area contributed by atoms with Crippen molar-refractivity contribution in [2.75, 3.05) is 0 Å². The molecule has 1 heterocycles. The minimum Gasteiger partial charge on any atom is -0.246 e. The van der Waals surface area contributed by atoms with Gasteiger partial charge in [0.2, 0.25) is 0 Å². The third kappa shape index (κ3) is 1.93. The molecule has 0 amide bonds. The van der Waals surface area contributed by atoms with Gasteiger partial charge in [0.05, 0.1) is 10.7 Å². The van der Waals surface area contributed by atoms with Gasteiger partial charge in [-0.05, 0) is 30.1 Å². The lowest BCUT2D eigenvalue weighted by Gasteiger charge is -2.04. The fourth-order valence-corrected chi connectivity index (χ4v) is 5.32. The van der Waals surface area contributed by atoms with Gasteiger partial charge in [-0.15, -0.1) is 11.3 Å². The Balaban J connectivity index is 1.78. The average Bonchev–Trinajstić information content (AvgIpc) is 2.80. The molecule has 0 bridgehead atoms. The van der Waals surface area contributed by atoms with Gasteiger partial charge < -0.3 is 0 Å². The third-order valence-corrected chi connectivity index (χ3v) is 6.22. The molecule has 18 heavy (non-hydrogen) atoms. The zero-order chi connectivity index (χ0) is 12.9. The van der Waals surface area contributed by atoms with Crippen molar-refractivity contribution in [1.82, 2.24) is 4.98 Å². The summed E-state index contributed by atoms with van der Waals surface area (Å²) in [6.07, 6.45) is 5.55. The van der Waals surface area contributed by atoms with Gasteiger partial charge in [-0.1, -0.05) is 40.5 Å². The van der Waals surface area contributed by atoms with Crippen LogP contribution in [0.25, 0.3) is 0 Å². The highest BCUT2D eigenvalue weighted by molar-refractivity contribution is 7.09. The highest BCUT2D eigenvalue weighted by atomic mass is 32.1. The molecular formula is C16H25NS. The maximum absolute atomic E-state index is 5.00. The summed E-state index contributed by atoms with van der Waals surface area (Å²) in [6, 6.07) is 0. The molecule has 2 aliphatic carbocycles. The molecule has 2 atom stereocenters. The van der Waals surface area contributed by atoms with Gasteiger partial charge >= 0.3 is 0 Å². The van der Waals surface area contributed by atoms with E-state index in [0.29, 0.717) is 11.3 Å². The molecule has 1 aromatic heterocycles. The van der Waals surface area contributed by atoms with E-state index >= 15 is 0 Å². The summed E-state index contributed by atoms with van der Waals surface area (Å²) in [5.74, 6) is 3.10. The Morgan fingerprint density at radius 1 is 1.28 bits per heavy atom. The highest BCUT2D eigenvalue weighted by Gasteiger charge is 2.60. The van der Waals surface area contributed by atoms with Crippen molar-refractivity contribution in [3.8, 4) is 0 Å². The number of hydrogen-bond acceptors (Lipinski definition) is 2. The van der Waals surface area contributed by atoms with E-state index < -0.39 is 0 Å². The number of aromatic nitrogens is 1. The second-order valence-corrected chi connectivity index (χ2v) is 8.05. The number of rotatable bonds is 3. The standard InChI is InChI=1S/C16H25NS/c1-10(2)13-14(16(13,3)4)12-9-18-15(17-12)11-7-5-6-8-11/h9-11,13-14H,5-8H2,1-4H3/t13-,14-/m0/s1. The van der Waals surface area contributed by atoms with Gasteiger partial charge in [0.1, 0.15) is 0 Å². The van der Waals surface area contributed by atoms with Crippen LogP contribution in [0.2, 0.25) is 0 Å². The molecule has 0 saturated heterocycles. The van der Waals surface area contributed by atoms with Gasteiger partial charge in [-0.25, -0.2) is 4.98 Å². The van der Waals surface area contributed by atoms with E-state index in [4.69, 9.17) is 4.98 Å². The van der Waals surface area contributed by atoms with E-state index in [2.05, 4.69) is 33.1 Å². The first-order valence-corrected chi connectivity index (χ1v) is 8.35. The highest BCUT2D eigenvalue weighted by Crippen LogP contribution is 2.67. The van der Waals surface area contributed by atoms with Crippen LogP contribution in [0.3, 0.4) is 0 Å². The quantitative estimate of drug-likeness (QED) is 0.730. The molecule has 2 saturated carbocycles. The summed E-state index contributed by atoms with van der Waals surface area (Å²) in [5, 5.41) is 3.77. The first-order valence-electron chi connectivity index (χ1n) is 7.47. The van der Waals surface area contributed by atoms with E-state index in [0.717, 1.165) is 17.8 Å². The van der Waals surface area contributed by atoms with Gasteiger partial charge in [0.15, 0.2) is 0 Å². The molecule has 2 heteroatoms. The smallest absolute Gasteiger partial charge is 0.0959 e.